The number of anilines is 2. The molecule has 0 aliphatic rings. The fourth-order valence-corrected chi connectivity index (χ4v) is 1.94. The van der Waals surface area contributed by atoms with Crippen molar-refractivity contribution in [3.05, 3.63) is 52.1 Å². The van der Waals surface area contributed by atoms with Gasteiger partial charge in [0.2, 0.25) is 0 Å². The van der Waals surface area contributed by atoms with E-state index in [1.54, 1.807) is 30.3 Å². The maximum absolute atomic E-state index is 6.06. The Labute approximate surface area is 120 Å². The third-order valence-electron chi connectivity index (χ3n) is 2.20. The molecular formula is C12H9Cl2N3S. The first-order valence-electron chi connectivity index (χ1n) is 5.05. The summed E-state index contributed by atoms with van der Waals surface area (Å²) in [6.45, 7) is 0. The van der Waals surface area contributed by atoms with Crippen molar-refractivity contribution >= 4 is 51.9 Å². The molecule has 0 atom stereocenters. The van der Waals surface area contributed by atoms with Crippen molar-refractivity contribution < 1.29 is 0 Å². The van der Waals surface area contributed by atoms with Crippen LogP contribution < -0.4 is 11.1 Å². The fourth-order valence-electron chi connectivity index (χ4n) is 1.37. The van der Waals surface area contributed by atoms with Crippen LogP contribution in [0.4, 0.5) is 11.5 Å². The molecular weight excluding hydrogens is 289 g/mol. The van der Waals surface area contributed by atoms with E-state index in [0.717, 1.165) is 0 Å². The van der Waals surface area contributed by atoms with Crippen molar-refractivity contribution in [3.63, 3.8) is 0 Å². The van der Waals surface area contributed by atoms with E-state index >= 15 is 0 Å². The quantitative estimate of drug-likeness (QED) is 0.847. The van der Waals surface area contributed by atoms with Crippen molar-refractivity contribution in [2.24, 2.45) is 5.73 Å². The summed E-state index contributed by atoms with van der Waals surface area (Å²) in [6.07, 6.45) is 0. The second kappa shape index (κ2) is 5.52. The zero-order valence-corrected chi connectivity index (χ0v) is 11.5. The summed E-state index contributed by atoms with van der Waals surface area (Å²) in [5, 5.41) is 4.18. The SMILES string of the molecule is NC(=S)c1cccc(Nc2ccc(Cl)cc2Cl)n1. The lowest BCUT2D eigenvalue weighted by molar-refractivity contribution is 1.28. The summed E-state index contributed by atoms with van der Waals surface area (Å²) in [7, 11) is 0. The van der Waals surface area contributed by atoms with Crippen LogP contribution in [0.1, 0.15) is 5.69 Å². The molecule has 0 aliphatic carbocycles. The zero-order valence-electron chi connectivity index (χ0n) is 9.15. The van der Waals surface area contributed by atoms with Gasteiger partial charge in [-0.15, -0.1) is 0 Å². The van der Waals surface area contributed by atoms with Crippen LogP contribution in [0.25, 0.3) is 0 Å². The number of pyridine rings is 1. The van der Waals surface area contributed by atoms with Gasteiger partial charge in [-0.1, -0.05) is 41.5 Å². The Bertz CT molecular complexity index is 602. The molecule has 1 aromatic carbocycles. The predicted molar refractivity (Wildman–Crippen MR) is 79.9 cm³/mol. The topological polar surface area (TPSA) is 50.9 Å². The number of hydrogen-bond acceptors (Lipinski definition) is 3. The second-order valence-corrected chi connectivity index (χ2v) is 4.80. The lowest BCUT2D eigenvalue weighted by atomic mass is 10.3. The number of halogens is 2. The van der Waals surface area contributed by atoms with E-state index in [1.165, 1.54) is 0 Å². The Balaban J connectivity index is 2.28. The Morgan fingerprint density at radius 1 is 1.22 bits per heavy atom. The zero-order chi connectivity index (χ0) is 13.1. The summed E-state index contributed by atoms with van der Waals surface area (Å²) < 4.78 is 0. The monoisotopic (exact) mass is 297 g/mol. The first-order chi connectivity index (χ1) is 8.56. The number of nitrogens with zero attached hydrogens (tertiary/aromatic N) is 1. The first-order valence-corrected chi connectivity index (χ1v) is 6.21. The van der Waals surface area contributed by atoms with Gasteiger partial charge in [-0.2, -0.15) is 0 Å². The molecule has 0 radical (unpaired) electrons. The second-order valence-electron chi connectivity index (χ2n) is 3.52. The van der Waals surface area contributed by atoms with E-state index in [2.05, 4.69) is 10.3 Å². The molecule has 1 heterocycles. The Hall–Kier alpha value is -1.36. The van der Waals surface area contributed by atoms with Crippen LogP contribution in [-0.2, 0) is 0 Å². The maximum atomic E-state index is 6.06. The van der Waals surface area contributed by atoms with Crippen LogP contribution in [0.5, 0.6) is 0 Å². The van der Waals surface area contributed by atoms with Gasteiger partial charge in [0.15, 0.2) is 0 Å². The van der Waals surface area contributed by atoms with Crippen LogP contribution in [-0.4, -0.2) is 9.97 Å². The van der Waals surface area contributed by atoms with Crippen LogP contribution in [0.3, 0.4) is 0 Å². The van der Waals surface area contributed by atoms with Crippen molar-refractivity contribution in [1.82, 2.24) is 4.98 Å². The molecule has 18 heavy (non-hydrogen) atoms. The van der Waals surface area contributed by atoms with Gasteiger partial charge in [0.1, 0.15) is 10.8 Å². The van der Waals surface area contributed by atoms with Gasteiger partial charge in [-0.05, 0) is 30.3 Å². The van der Waals surface area contributed by atoms with Gasteiger partial charge < -0.3 is 11.1 Å². The molecule has 0 bridgehead atoms. The molecule has 1 aromatic heterocycles. The molecule has 0 fully saturated rings. The molecule has 0 aliphatic heterocycles. The minimum atomic E-state index is 0.251. The van der Waals surface area contributed by atoms with Gasteiger partial charge in [-0.25, -0.2) is 4.98 Å². The number of thiocarbonyl (C=S) groups is 1. The van der Waals surface area contributed by atoms with Crippen molar-refractivity contribution in [3.8, 4) is 0 Å². The molecule has 2 rings (SSSR count). The van der Waals surface area contributed by atoms with E-state index in [-0.39, 0.29) is 4.99 Å². The summed E-state index contributed by atoms with van der Waals surface area (Å²) >= 11 is 16.8. The Morgan fingerprint density at radius 3 is 2.67 bits per heavy atom. The van der Waals surface area contributed by atoms with Crippen molar-refractivity contribution in [1.29, 1.82) is 0 Å². The predicted octanol–water partition coefficient (Wildman–Crippen LogP) is 3.77. The third kappa shape index (κ3) is 3.10. The number of aromatic nitrogens is 1. The van der Waals surface area contributed by atoms with E-state index in [4.69, 9.17) is 41.2 Å². The molecule has 2 aromatic rings. The van der Waals surface area contributed by atoms with E-state index in [9.17, 15) is 0 Å². The molecule has 0 saturated heterocycles. The van der Waals surface area contributed by atoms with E-state index < -0.39 is 0 Å². The number of rotatable bonds is 3. The van der Waals surface area contributed by atoms with Crippen LogP contribution in [0.15, 0.2) is 36.4 Å². The highest BCUT2D eigenvalue weighted by Crippen LogP contribution is 2.27. The lowest BCUT2D eigenvalue weighted by Crippen LogP contribution is -2.12. The highest BCUT2D eigenvalue weighted by molar-refractivity contribution is 7.80. The Kier molecular flexibility index (Phi) is 4.01. The van der Waals surface area contributed by atoms with Crippen molar-refractivity contribution in [2.75, 3.05) is 5.32 Å². The third-order valence-corrected chi connectivity index (χ3v) is 2.95. The summed E-state index contributed by atoms with van der Waals surface area (Å²) in [5.74, 6) is 0.615. The number of benzene rings is 1. The molecule has 0 saturated carbocycles. The van der Waals surface area contributed by atoms with E-state index in [0.29, 0.717) is 27.2 Å². The smallest absolute Gasteiger partial charge is 0.131 e. The number of nitrogens with one attached hydrogen (secondary N) is 1. The summed E-state index contributed by atoms with van der Waals surface area (Å²) in [6, 6.07) is 10.5. The molecule has 3 N–H and O–H groups in total. The van der Waals surface area contributed by atoms with E-state index in [1.807, 2.05) is 6.07 Å². The van der Waals surface area contributed by atoms with Gasteiger partial charge in [-0.3, -0.25) is 0 Å². The molecule has 3 nitrogen and oxygen atoms in total. The molecule has 0 unspecified atom stereocenters. The fraction of sp³-hybridized carbons (Fsp3) is 0. The highest BCUT2D eigenvalue weighted by atomic mass is 35.5. The van der Waals surface area contributed by atoms with Gasteiger partial charge in [0.25, 0.3) is 0 Å². The normalized spacial score (nSPS) is 10.1. The molecule has 0 amide bonds. The van der Waals surface area contributed by atoms with Crippen LogP contribution >= 0.6 is 35.4 Å². The molecule has 0 spiro atoms. The number of hydrogen-bond donors (Lipinski definition) is 2. The van der Waals surface area contributed by atoms with Gasteiger partial charge in [0.05, 0.1) is 16.4 Å². The maximum Gasteiger partial charge on any atom is 0.131 e. The average Bonchev–Trinajstić information content (AvgIpc) is 2.33. The minimum Gasteiger partial charge on any atom is -0.388 e. The van der Waals surface area contributed by atoms with Crippen molar-refractivity contribution in [2.45, 2.75) is 0 Å². The highest BCUT2D eigenvalue weighted by Gasteiger charge is 2.04. The Morgan fingerprint density at radius 2 is 2.00 bits per heavy atom. The molecule has 92 valence electrons. The average molecular weight is 298 g/mol. The van der Waals surface area contributed by atoms with Crippen LogP contribution in [0.2, 0.25) is 10.0 Å². The standard InChI is InChI=1S/C12H9Cl2N3S/c13-7-4-5-9(8(14)6-7)16-11-3-1-2-10(17-11)12(15)18/h1-6H,(H2,15,18)(H,16,17). The van der Waals surface area contributed by atoms with Gasteiger partial charge in [0, 0.05) is 5.02 Å². The first kappa shape index (κ1) is 13.1. The minimum absolute atomic E-state index is 0.251. The van der Waals surface area contributed by atoms with Crippen LogP contribution in [0, 0.1) is 0 Å². The molecule has 6 heteroatoms. The summed E-state index contributed by atoms with van der Waals surface area (Å²) in [4.78, 5) is 4.51. The summed E-state index contributed by atoms with van der Waals surface area (Å²) in [5.41, 5.74) is 6.80. The largest absolute Gasteiger partial charge is 0.388 e. The number of nitrogens with two attached hydrogens (primary N) is 1. The van der Waals surface area contributed by atoms with Gasteiger partial charge >= 0.3 is 0 Å². The lowest BCUT2D eigenvalue weighted by Gasteiger charge is -2.08.